The van der Waals surface area contributed by atoms with Crippen LogP contribution in [0.15, 0.2) is 36.9 Å². The van der Waals surface area contributed by atoms with Crippen LogP contribution in [0.4, 0.5) is 10.1 Å². The number of halogens is 1. The van der Waals surface area contributed by atoms with Crippen molar-refractivity contribution in [1.29, 1.82) is 0 Å². The van der Waals surface area contributed by atoms with E-state index in [4.69, 9.17) is 5.11 Å². The van der Waals surface area contributed by atoms with Crippen LogP contribution in [0.5, 0.6) is 0 Å². The second-order valence-corrected chi connectivity index (χ2v) is 3.58. The molecule has 0 spiro atoms. The number of anilines is 1. The molecule has 0 aliphatic rings. The van der Waals surface area contributed by atoms with Gasteiger partial charge in [0.1, 0.15) is 5.82 Å². The summed E-state index contributed by atoms with van der Waals surface area (Å²) in [6.45, 7) is 4.19. The third-order valence-electron chi connectivity index (χ3n) is 2.17. The summed E-state index contributed by atoms with van der Waals surface area (Å²) >= 11 is 0. The average molecular weight is 235 g/mol. The molecule has 0 aliphatic heterocycles. The second-order valence-electron chi connectivity index (χ2n) is 3.58. The Labute approximate surface area is 99.5 Å². The van der Waals surface area contributed by atoms with Crippen molar-refractivity contribution in [3.63, 3.8) is 0 Å². The first-order chi connectivity index (χ1) is 8.02. The highest BCUT2D eigenvalue weighted by molar-refractivity contribution is 5.85. The van der Waals surface area contributed by atoms with Crippen LogP contribution in [0.3, 0.4) is 0 Å². The molecule has 3 nitrogen and oxygen atoms in total. The number of carboxylic acids is 1. The van der Waals surface area contributed by atoms with Gasteiger partial charge in [0.25, 0.3) is 0 Å². The molecule has 17 heavy (non-hydrogen) atoms. The zero-order chi connectivity index (χ0) is 12.8. The minimum absolute atomic E-state index is 0.400. The Morgan fingerprint density at radius 2 is 2.24 bits per heavy atom. The lowest BCUT2D eigenvalue weighted by Crippen LogP contribution is -2.16. The molecule has 0 saturated carbocycles. The van der Waals surface area contributed by atoms with E-state index in [-0.39, 0.29) is 0 Å². The van der Waals surface area contributed by atoms with Gasteiger partial charge in [0.2, 0.25) is 0 Å². The lowest BCUT2D eigenvalue weighted by Gasteiger charge is -2.17. The largest absolute Gasteiger partial charge is 0.478 e. The number of nitrogens with zero attached hydrogens (tertiary/aromatic N) is 1. The monoisotopic (exact) mass is 235 g/mol. The topological polar surface area (TPSA) is 40.5 Å². The fourth-order valence-electron chi connectivity index (χ4n) is 1.38. The minimum atomic E-state index is -1.06. The number of aliphatic carboxylic acids is 1. The van der Waals surface area contributed by atoms with Crippen LogP contribution in [0.2, 0.25) is 0 Å². The predicted octanol–water partition coefficient (Wildman–Crippen LogP) is 2.55. The van der Waals surface area contributed by atoms with Crippen LogP contribution in [-0.4, -0.2) is 24.7 Å². The molecule has 4 heteroatoms. The number of carboxylic acid groups (broad SMARTS) is 1. The first kappa shape index (κ1) is 13.0. The highest BCUT2D eigenvalue weighted by atomic mass is 19.1. The smallest absolute Gasteiger partial charge is 0.328 e. The maximum atomic E-state index is 13.3. The van der Waals surface area contributed by atoms with Gasteiger partial charge in [0, 0.05) is 25.4 Å². The van der Waals surface area contributed by atoms with Crippen molar-refractivity contribution >= 4 is 17.7 Å². The second kappa shape index (κ2) is 5.84. The van der Waals surface area contributed by atoms with E-state index in [2.05, 4.69) is 6.58 Å². The van der Waals surface area contributed by atoms with Crippen molar-refractivity contribution in [2.75, 3.05) is 18.5 Å². The van der Waals surface area contributed by atoms with Crippen LogP contribution >= 0.6 is 0 Å². The van der Waals surface area contributed by atoms with Gasteiger partial charge in [-0.15, -0.1) is 6.58 Å². The molecule has 1 rings (SSSR count). The van der Waals surface area contributed by atoms with Crippen LogP contribution in [-0.2, 0) is 4.79 Å². The van der Waals surface area contributed by atoms with Gasteiger partial charge >= 0.3 is 5.97 Å². The Balaban J connectivity index is 3.01. The Bertz CT molecular complexity index is 455. The van der Waals surface area contributed by atoms with Crippen LogP contribution < -0.4 is 4.90 Å². The van der Waals surface area contributed by atoms with E-state index in [1.165, 1.54) is 18.2 Å². The molecule has 90 valence electrons. The zero-order valence-electron chi connectivity index (χ0n) is 9.56. The summed E-state index contributed by atoms with van der Waals surface area (Å²) in [5.74, 6) is -1.46. The van der Waals surface area contributed by atoms with Gasteiger partial charge < -0.3 is 10.0 Å². The van der Waals surface area contributed by atoms with Crippen molar-refractivity contribution in [1.82, 2.24) is 0 Å². The Kier molecular flexibility index (Phi) is 4.46. The molecule has 0 unspecified atom stereocenters. The molecule has 0 aromatic heterocycles. The quantitative estimate of drug-likeness (QED) is 0.629. The van der Waals surface area contributed by atoms with E-state index in [0.29, 0.717) is 17.8 Å². The SMILES string of the molecule is C=CCN(C)c1cc(F)cc(/C=C/C(=O)O)c1. The lowest BCUT2D eigenvalue weighted by molar-refractivity contribution is -0.131. The first-order valence-electron chi connectivity index (χ1n) is 5.06. The van der Waals surface area contributed by atoms with E-state index in [9.17, 15) is 9.18 Å². The average Bonchev–Trinajstić information content (AvgIpc) is 2.26. The number of hydrogen-bond acceptors (Lipinski definition) is 2. The predicted molar refractivity (Wildman–Crippen MR) is 66.5 cm³/mol. The molecule has 0 saturated heterocycles. The van der Waals surface area contributed by atoms with Gasteiger partial charge in [-0.2, -0.15) is 0 Å². The molecule has 0 aliphatic carbocycles. The van der Waals surface area contributed by atoms with Gasteiger partial charge in [-0.05, 0) is 29.8 Å². The Morgan fingerprint density at radius 1 is 1.53 bits per heavy atom. The Hall–Kier alpha value is -2.10. The summed E-state index contributed by atoms with van der Waals surface area (Å²) in [6, 6.07) is 4.39. The zero-order valence-corrected chi connectivity index (χ0v) is 9.56. The summed E-state index contributed by atoms with van der Waals surface area (Å²) in [6.07, 6.45) is 4.04. The summed E-state index contributed by atoms with van der Waals surface area (Å²) in [4.78, 5) is 12.2. The summed E-state index contributed by atoms with van der Waals surface area (Å²) in [7, 11) is 1.81. The molecular weight excluding hydrogens is 221 g/mol. The van der Waals surface area contributed by atoms with Crippen molar-refractivity contribution in [3.8, 4) is 0 Å². The molecule has 0 atom stereocenters. The van der Waals surface area contributed by atoms with E-state index in [1.807, 2.05) is 4.90 Å². The number of likely N-dealkylation sites (N-methyl/N-ethyl adjacent to an activating group) is 1. The number of hydrogen-bond donors (Lipinski definition) is 1. The summed E-state index contributed by atoms with van der Waals surface area (Å²) in [5, 5.41) is 8.50. The van der Waals surface area contributed by atoms with E-state index >= 15 is 0 Å². The van der Waals surface area contributed by atoms with Crippen molar-refractivity contribution in [3.05, 3.63) is 48.3 Å². The van der Waals surface area contributed by atoms with Gasteiger partial charge in [-0.25, -0.2) is 9.18 Å². The Morgan fingerprint density at radius 3 is 2.82 bits per heavy atom. The van der Waals surface area contributed by atoms with Crippen LogP contribution in [0.25, 0.3) is 6.08 Å². The van der Waals surface area contributed by atoms with Crippen LogP contribution in [0, 0.1) is 5.82 Å². The van der Waals surface area contributed by atoms with Crippen molar-refractivity contribution in [2.45, 2.75) is 0 Å². The van der Waals surface area contributed by atoms with Crippen molar-refractivity contribution < 1.29 is 14.3 Å². The van der Waals surface area contributed by atoms with E-state index in [1.54, 1.807) is 19.2 Å². The highest BCUT2D eigenvalue weighted by Gasteiger charge is 2.03. The molecule has 0 radical (unpaired) electrons. The third-order valence-corrected chi connectivity index (χ3v) is 2.17. The molecule has 0 fully saturated rings. The molecular formula is C13H14FNO2. The number of carbonyl (C=O) groups is 1. The number of rotatable bonds is 5. The summed E-state index contributed by atoms with van der Waals surface area (Å²) < 4.78 is 13.3. The van der Waals surface area contributed by atoms with Gasteiger partial charge in [0.05, 0.1) is 0 Å². The maximum Gasteiger partial charge on any atom is 0.328 e. The molecule has 0 amide bonds. The third kappa shape index (κ3) is 4.10. The van der Waals surface area contributed by atoms with Gasteiger partial charge in [-0.1, -0.05) is 6.08 Å². The van der Waals surface area contributed by atoms with E-state index < -0.39 is 11.8 Å². The van der Waals surface area contributed by atoms with Gasteiger partial charge in [0.15, 0.2) is 0 Å². The lowest BCUT2D eigenvalue weighted by atomic mass is 10.1. The fourth-order valence-corrected chi connectivity index (χ4v) is 1.38. The maximum absolute atomic E-state index is 13.3. The molecule has 1 N–H and O–H groups in total. The van der Waals surface area contributed by atoms with E-state index in [0.717, 1.165) is 6.08 Å². The number of benzene rings is 1. The summed E-state index contributed by atoms with van der Waals surface area (Å²) in [5.41, 5.74) is 1.19. The van der Waals surface area contributed by atoms with Crippen LogP contribution in [0.1, 0.15) is 5.56 Å². The molecule has 1 aromatic carbocycles. The minimum Gasteiger partial charge on any atom is -0.478 e. The highest BCUT2D eigenvalue weighted by Crippen LogP contribution is 2.18. The molecule has 0 heterocycles. The van der Waals surface area contributed by atoms with Crippen molar-refractivity contribution in [2.24, 2.45) is 0 Å². The standard InChI is InChI=1S/C13H14FNO2/c1-3-6-15(2)12-8-10(4-5-13(16)17)7-11(14)9-12/h3-5,7-9H,1,6H2,2H3,(H,16,17)/b5-4+. The first-order valence-corrected chi connectivity index (χ1v) is 5.06. The molecule has 1 aromatic rings. The normalized spacial score (nSPS) is 10.5. The molecule has 0 bridgehead atoms. The fraction of sp³-hybridized carbons (Fsp3) is 0.154. The van der Waals surface area contributed by atoms with Gasteiger partial charge in [-0.3, -0.25) is 0 Å².